The van der Waals surface area contributed by atoms with Gasteiger partial charge >= 0.3 is 0 Å². The summed E-state index contributed by atoms with van der Waals surface area (Å²) >= 11 is 0. The molecule has 0 aliphatic carbocycles. The monoisotopic (exact) mass is 313 g/mol. The fraction of sp³-hybridized carbons (Fsp3) is 0.412. The average Bonchev–Trinajstić information content (AvgIpc) is 3.17. The van der Waals surface area contributed by atoms with Gasteiger partial charge in [-0.2, -0.15) is 0 Å². The number of likely N-dealkylation sites (tertiary alicyclic amines) is 1. The van der Waals surface area contributed by atoms with Gasteiger partial charge in [-0.15, -0.1) is 10.2 Å². The molecule has 1 aromatic heterocycles. The highest BCUT2D eigenvalue weighted by molar-refractivity contribution is 6.01. The predicted octanol–water partition coefficient (Wildman–Crippen LogP) is 2.60. The van der Waals surface area contributed by atoms with Crippen LogP contribution in [0, 0.1) is 0 Å². The van der Waals surface area contributed by atoms with E-state index in [2.05, 4.69) is 10.2 Å². The third kappa shape index (κ3) is 3.83. The molecule has 0 saturated carbocycles. The van der Waals surface area contributed by atoms with E-state index in [4.69, 9.17) is 4.42 Å². The first-order valence-corrected chi connectivity index (χ1v) is 7.95. The number of hydrogen-bond acceptors (Lipinski definition) is 5. The molecule has 0 bridgehead atoms. The maximum atomic E-state index is 11.5. The standard InChI is InChI=1S/C17H19N3O3/c21-15-10-11-16(22)20(15)12-6-2-5-9-14-18-19-17(23-14)13-7-3-1-4-8-13/h1,3-4,7-8H,2,5-6,9-12H2. The quantitative estimate of drug-likeness (QED) is 0.580. The molecule has 1 aromatic carbocycles. The Hall–Kier alpha value is -2.50. The first-order chi connectivity index (χ1) is 11.2. The maximum absolute atomic E-state index is 11.5. The number of carbonyl (C=O) groups is 2. The molecule has 1 fully saturated rings. The van der Waals surface area contributed by atoms with Crippen molar-refractivity contribution < 1.29 is 14.0 Å². The van der Waals surface area contributed by atoms with E-state index in [9.17, 15) is 9.59 Å². The second-order valence-corrected chi connectivity index (χ2v) is 5.62. The molecule has 6 nitrogen and oxygen atoms in total. The van der Waals surface area contributed by atoms with Crippen molar-refractivity contribution in [1.29, 1.82) is 0 Å². The minimum Gasteiger partial charge on any atom is -0.421 e. The highest BCUT2D eigenvalue weighted by atomic mass is 16.4. The van der Waals surface area contributed by atoms with Crippen molar-refractivity contribution >= 4 is 11.8 Å². The van der Waals surface area contributed by atoms with Gasteiger partial charge in [-0.3, -0.25) is 14.5 Å². The summed E-state index contributed by atoms with van der Waals surface area (Å²) in [7, 11) is 0. The van der Waals surface area contributed by atoms with Gasteiger partial charge in [0.2, 0.25) is 23.6 Å². The van der Waals surface area contributed by atoms with Crippen molar-refractivity contribution in [3.8, 4) is 11.5 Å². The third-order valence-corrected chi connectivity index (χ3v) is 3.91. The number of unbranched alkanes of at least 4 members (excludes halogenated alkanes) is 2. The Morgan fingerprint density at radius 2 is 1.70 bits per heavy atom. The molecule has 0 atom stereocenters. The van der Waals surface area contributed by atoms with Gasteiger partial charge in [0.05, 0.1) is 0 Å². The fourth-order valence-electron chi connectivity index (χ4n) is 2.65. The third-order valence-electron chi connectivity index (χ3n) is 3.91. The predicted molar refractivity (Wildman–Crippen MR) is 83.2 cm³/mol. The molecular formula is C17H19N3O3. The van der Waals surface area contributed by atoms with Crippen LogP contribution in [0.2, 0.25) is 0 Å². The molecule has 2 amide bonds. The van der Waals surface area contributed by atoms with Gasteiger partial charge < -0.3 is 4.42 Å². The molecule has 3 rings (SSSR count). The van der Waals surface area contributed by atoms with Gasteiger partial charge in [-0.05, 0) is 25.0 Å². The van der Waals surface area contributed by atoms with Gasteiger partial charge in [-0.25, -0.2) is 0 Å². The summed E-state index contributed by atoms with van der Waals surface area (Å²) in [5, 5.41) is 8.11. The molecule has 1 aliphatic rings. The normalized spacial score (nSPS) is 14.7. The minimum absolute atomic E-state index is 0.0422. The van der Waals surface area contributed by atoms with E-state index in [1.165, 1.54) is 4.90 Å². The molecule has 0 unspecified atom stereocenters. The highest BCUT2D eigenvalue weighted by Crippen LogP contribution is 2.18. The molecule has 0 spiro atoms. The van der Waals surface area contributed by atoms with Crippen LogP contribution in [0.1, 0.15) is 38.0 Å². The molecule has 1 saturated heterocycles. The lowest BCUT2D eigenvalue weighted by atomic mass is 10.2. The largest absolute Gasteiger partial charge is 0.421 e. The van der Waals surface area contributed by atoms with Crippen LogP contribution in [0.25, 0.3) is 11.5 Å². The zero-order valence-electron chi connectivity index (χ0n) is 12.9. The molecule has 120 valence electrons. The van der Waals surface area contributed by atoms with Crippen molar-refractivity contribution in [2.24, 2.45) is 0 Å². The summed E-state index contributed by atoms with van der Waals surface area (Å²) in [6.07, 6.45) is 4.07. The lowest BCUT2D eigenvalue weighted by molar-refractivity contribution is -0.138. The van der Waals surface area contributed by atoms with Gasteiger partial charge in [0.1, 0.15) is 0 Å². The van der Waals surface area contributed by atoms with Gasteiger partial charge in [0.15, 0.2) is 0 Å². The molecule has 2 heterocycles. The number of nitrogens with zero attached hydrogens (tertiary/aromatic N) is 3. The van der Waals surface area contributed by atoms with Crippen molar-refractivity contribution in [2.75, 3.05) is 6.54 Å². The summed E-state index contributed by atoms with van der Waals surface area (Å²) in [5.41, 5.74) is 0.914. The van der Waals surface area contributed by atoms with Crippen LogP contribution in [-0.4, -0.2) is 33.5 Å². The van der Waals surface area contributed by atoms with Crippen LogP contribution in [0.5, 0.6) is 0 Å². The fourth-order valence-corrected chi connectivity index (χ4v) is 2.65. The summed E-state index contributed by atoms with van der Waals surface area (Å²) in [5.74, 6) is 1.07. The van der Waals surface area contributed by atoms with Crippen LogP contribution < -0.4 is 0 Å². The summed E-state index contributed by atoms with van der Waals surface area (Å²) in [6, 6.07) is 9.67. The maximum Gasteiger partial charge on any atom is 0.247 e. The minimum atomic E-state index is -0.0422. The Morgan fingerprint density at radius 3 is 2.43 bits per heavy atom. The van der Waals surface area contributed by atoms with Gasteiger partial charge in [0, 0.05) is 31.4 Å². The number of aryl methyl sites for hydroxylation is 1. The van der Waals surface area contributed by atoms with Crippen molar-refractivity contribution in [3.05, 3.63) is 36.2 Å². The summed E-state index contributed by atoms with van der Waals surface area (Å²) in [4.78, 5) is 24.3. The summed E-state index contributed by atoms with van der Waals surface area (Å²) in [6.45, 7) is 0.525. The Kier molecular flexibility index (Phi) is 4.80. The van der Waals surface area contributed by atoms with Crippen molar-refractivity contribution in [2.45, 2.75) is 38.5 Å². The second-order valence-electron chi connectivity index (χ2n) is 5.62. The molecule has 23 heavy (non-hydrogen) atoms. The average molecular weight is 313 g/mol. The van der Waals surface area contributed by atoms with Crippen LogP contribution >= 0.6 is 0 Å². The SMILES string of the molecule is O=C1CCC(=O)N1CCCCCc1nnc(-c2ccccc2)o1. The zero-order chi connectivity index (χ0) is 16.1. The van der Waals surface area contributed by atoms with Gasteiger partial charge in [0.25, 0.3) is 0 Å². The second kappa shape index (κ2) is 7.17. The first-order valence-electron chi connectivity index (χ1n) is 7.95. The van der Waals surface area contributed by atoms with Crippen LogP contribution in [0.15, 0.2) is 34.7 Å². The molecule has 0 N–H and O–H groups in total. The number of benzene rings is 1. The molecule has 1 aliphatic heterocycles. The molecular weight excluding hydrogens is 294 g/mol. The number of carbonyl (C=O) groups excluding carboxylic acids is 2. The number of amides is 2. The van der Waals surface area contributed by atoms with Crippen LogP contribution in [-0.2, 0) is 16.0 Å². The van der Waals surface area contributed by atoms with Crippen LogP contribution in [0.4, 0.5) is 0 Å². The molecule has 0 radical (unpaired) electrons. The number of aromatic nitrogens is 2. The van der Waals surface area contributed by atoms with E-state index in [-0.39, 0.29) is 11.8 Å². The van der Waals surface area contributed by atoms with E-state index in [0.717, 1.165) is 24.8 Å². The highest BCUT2D eigenvalue weighted by Gasteiger charge is 2.27. The zero-order valence-corrected chi connectivity index (χ0v) is 12.9. The van der Waals surface area contributed by atoms with E-state index in [0.29, 0.717) is 37.6 Å². The smallest absolute Gasteiger partial charge is 0.247 e. The van der Waals surface area contributed by atoms with E-state index in [1.54, 1.807) is 0 Å². The molecule has 6 heteroatoms. The number of rotatable bonds is 7. The van der Waals surface area contributed by atoms with Gasteiger partial charge in [-0.1, -0.05) is 24.6 Å². The Labute approximate surface area is 134 Å². The van der Waals surface area contributed by atoms with Crippen molar-refractivity contribution in [3.63, 3.8) is 0 Å². The number of imide groups is 1. The van der Waals surface area contributed by atoms with E-state index >= 15 is 0 Å². The van der Waals surface area contributed by atoms with Crippen molar-refractivity contribution in [1.82, 2.24) is 15.1 Å². The Bertz CT molecular complexity index is 665. The number of hydrogen-bond donors (Lipinski definition) is 0. The lowest BCUT2D eigenvalue weighted by Gasteiger charge is -2.12. The Balaban J connectivity index is 1.40. The first kappa shape index (κ1) is 15.4. The lowest BCUT2D eigenvalue weighted by Crippen LogP contribution is -2.29. The van der Waals surface area contributed by atoms with E-state index in [1.807, 2.05) is 30.3 Å². The van der Waals surface area contributed by atoms with Crippen LogP contribution in [0.3, 0.4) is 0 Å². The summed E-state index contributed by atoms with van der Waals surface area (Å²) < 4.78 is 5.64. The van der Waals surface area contributed by atoms with E-state index < -0.39 is 0 Å². The topological polar surface area (TPSA) is 76.3 Å². The Morgan fingerprint density at radius 1 is 0.957 bits per heavy atom. The molecule has 2 aromatic rings.